The standard InChI is InChI=1S/C18H22N4O3/c1-10-3-2-4-12(7-10)20-16(23)11-8-14-15(19-9-11)22(13-5-6-13)18(25)21-17(14)24/h8-10,12-13H,2-7H2,1H3,(H,20,23)(H,21,24,25). The lowest BCUT2D eigenvalue weighted by atomic mass is 9.87. The van der Waals surface area contributed by atoms with Gasteiger partial charge in [-0.15, -0.1) is 0 Å². The van der Waals surface area contributed by atoms with E-state index in [4.69, 9.17) is 0 Å². The van der Waals surface area contributed by atoms with Crippen molar-refractivity contribution in [3.05, 3.63) is 38.7 Å². The molecule has 0 bridgehead atoms. The lowest BCUT2D eigenvalue weighted by Crippen LogP contribution is -2.38. The summed E-state index contributed by atoms with van der Waals surface area (Å²) in [6, 6.07) is 1.81. The smallest absolute Gasteiger partial charge is 0.330 e. The van der Waals surface area contributed by atoms with Crippen molar-refractivity contribution in [3.63, 3.8) is 0 Å². The third-order valence-electron chi connectivity index (χ3n) is 5.22. The first-order valence-corrected chi connectivity index (χ1v) is 8.98. The number of carbonyl (C=O) groups is 1. The Bertz CT molecular complexity index is 941. The Labute approximate surface area is 144 Å². The molecule has 7 heteroatoms. The molecule has 2 aromatic rings. The molecule has 25 heavy (non-hydrogen) atoms. The van der Waals surface area contributed by atoms with Gasteiger partial charge in [-0.3, -0.25) is 19.1 Å². The van der Waals surface area contributed by atoms with Gasteiger partial charge in [0.2, 0.25) is 0 Å². The van der Waals surface area contributed by atoms with E-state index in [0.717, 1.165) is 32.1 Å². The Kier molecular flexibility index (Phi) is 3.94. The number of nitrogens with one attached hydrogen (secondary N) is 2. The molecule has 0 radical (unpaired) electrons. The van der Waals surface area contributed by atoms with Gasteiger partial charge in [-0.25, -0.2) is 9.78 Å². The van der Waals surface area contributed by atoms with Crippen molar-refractivity contribution in [2.75, 3.05) is 0 Å². The normalized spacial score (nSPS) is 23.6. The monoisotopic (exact) mass is 342 g/mol. The molecular weight excluding hydrogens is 320 g/mol. The minimum absolute atomic E-state index is 0.0998. The molecule has 0 aromatic carbocycles. The fraction of sp³-hybridized carbons (Fsp3) is 0.556. The van der Waals surface area contributed by atoms with E-state index in [1.54, 1.807) is 6.07 Å². The summed E-state index contributed by atoms with van der Waals surface area (Å²) in [5.74, 6) is 0.404. The molecule has 2 atom stereocenters. The zero-order chi connectivity index (χ0) is 17.6. The second-order valence-electron chi connectivity index (χ2n) is 7.40. The molecule has 2 heterocycles. The third kappa shape index (κ3) is 3.10. The highest BCUT2D eigenvalue weighted by molar-refractivity contribution is 5.96. The zero-order valence-electron chi connectivity index (χ0n) is 14.2. The van der Waals surface area contributed by atoms with Gasteiger partial charge in [0.25, 0.3) is 11.5 Å². The van der Waals surface area contributed by atoms with Crippen LogP contribution in [0.5, 0.6) is 0 Å². The molecule has 0 aliphatic heterocycles. The van der Waals surface area contributed by atoms with Gasteiger partial charge in [-0.2, -0.15) is 0 Å². The van der Waals surface area contributed by atoms with E-state index in [2.05, 4.69) is 22.2 Å². The second-order valence-corrected chi connectivity index (χ2v) is 7.40. The van der Waals surface area contributed by atoms with Gasteiger partial charge < -0.3 is 5.32 Å². The van der Waals surface area contributed by atoms with Crippen molar-refractivity contribution in [1.82, 2.24) is 19.9 Å². The zero-order valence-corrected chi connectivity index (χ0v) is 14.2. The van der Waals surface area contributed by atoms with Gasteiger partial charge in [0.15, 0.2) is 0 Å². The number of hydrogen-bond acceptors (Lipinski definition) is 4. The highest BCUT2D eigenvalue weighted by atomic mass is 16.2. The number of pyridine rings is 1. The van der Waals surface area contributed by atoms with Crippen LogP contribution in [0.2, 0.25) is 0 Å². The number of aromatic amines is 1. The Hall–Kier alpha value is -2.44. The summed E-state index contributed by atoms with van der Waals surface area (Å²) in [4.78, 5) is 43.4. The van der Waals surface area contributed by atoms with E-state index in [0.29, 0.717) is 17.1 Å². The van der Waals surface area contributed by atoms with Crippen molar-refractivity contribution in [2.24, 2.45) is 5.92 Å². The summed E-state index contributed by atoms with van der Waals surface area (Å²) in [6.45, 7) is 2.20. The highest BCUT2D eigenvalue weighted by Gasteiger charge is 2.28. The third-order valence-corrected chi connectivity index (χ3v) is 5.22. The molecule has 2 fully saturated rings. The number of H-pyrrole nitrogens is 1. The van der Waals surface area contributed by atoms with E-state index in [-0.39, 0.29) is 23.4 Å². The van der Waals surface area contributed by atoms with E-state index >= 15 is 0 Å². The fourth-order valence-electron chi connectivity index (χ4n) is 3.77. The Morgan fingerprint density at radius 3 is 2.80 bits per heavy atom. The highest BCUT2D eigenvalue weighted by Crippen LogP contribution is 2.34. The first-order valence-electron chi connectivity index (χ1n) is 8.98. The summed E-state index contributed by atoms with van der Waals surface area (Å²) in [6.07, 6.45) is 7.57. The quantitative estimate of drug-likeness (QED) is 0.888. The van der Waals surface area contributed by atoms with E-state index in [9.17, 15) is 14.4 Å². The minimum Gasteiger partial charge on any atom is -0.349 e. The SMILES string of the molecule is CC1CCCC(NC(=O)c2cnc3c(c2)c(=O)[nH]c(=O)n3C2CC2)C1. The average Bonchev–Trinajstić information content (AvgIpc) is 3.39. The predicted molar refractivity (Wildman–Crippen MR) is 93.8 cm³/mol. The summed E-state index contributed by atoms with van der Waals surface area (Å²) in [5, 5.41) is 3.34. The molecule has 2 aliphatic carbocycles. The Morgan fingerprint density at radius 2 is 2.08 bits per heavy atom. The molecule has 132 valence electrons. The number of carbonyl (C=O) groups excluding carboxylic acids is 1. The molecular formula is C18H22N4O3. The summed E-state index contributed by atoms with van der Waals surface area (Å²) in [5.41, 5.74) is -0.206. The lowest BCUT2D eigenvalue weighted by molar-refractivity contribution is 0.0921. The minimum atomic E-state index is -0.495. The van der Waals surface area contributed by atoms with Crippen LogP contribution in [0.25, 0.3) is 11.0 Å². The van der Waals surface area contributed by atoms with Crippen LogP contribution in [0.3, 0.4) is 0 Å². The van der Waals surface area contributed by atoms with Crippen molar-refractivity contribution in [1.29, 1.82) is 0 Å². The molecule has 4 rings (SSSR count). The molecule has 2 aliphatic rings. The van der Waals surface area contributed by atoms with Gasteiger partial charge in [-0.05, 0) is 37.7 Å². The van der Waals surface area contributed by atoms with Crippen LogP contribution < -0.4 is 16.6 Å². The van der Waals surface area contributed by atoms with Crippen molar-refractivity contribution >= 4 is 16.9 Å². The summed E-state index contributed by atoms with van der Waals surface area (Å²) < 4.78 is 1.53. The number of hydrogen-bond donors (Lipinski definition) is 2. The van der Waals surface area contributed by atoms with E-state index < -0.39 is 11.2 Å². The topological polar surface area (TPSA) is 96.8 Å². The van der Waals surface area contributed by atoms with Gasteiger partial charge in [0.1, 0.15) is 5.65 Å². The largest absolute Gasteiger partial charge is 0.349 e. The van der Waals surface area contributed by atoms with Crippen LogP contribution in [0.4, 0.5) is 0 Å². The Morgan fingerprint density at radius 1 is 1.28 bits per heavy atom. The van der Waals surface area contributed by atoms with Crippen molar-refractivity contribution in [2.45, 2.75) is 57.5 Å². The van der Waals surface area contributed by atoms with Crippen LogP contribution in [0.15, 0.2) is 21.9 Å². The maximum absolute atomic E-state index is 12.5. The summed E-state index contributed by atoms with van der Waals surface area (Å²) >= 11 is 0. The van der Waals surface area contributed by atoms with Gasteiger partial charge in [-0.1, -0.05) is 19.8 Å². The first-order chi connectivity index (χ1) is 12.0. The van der Waals surface area contributed by atoms with Crippen LogP contribution in [-0.2, 0) is 0 Å². The molecule has 1 amide bonds. The predicted octanol–water partition coefficient (Wildman–Crippen LogP) is 1.73. The molecule has 0 spiro atoms. The molecule has 2 saturated carbocycles. The fourth-order valence-corrected chi connectivity index (χ4v) is 3.77. The molecule has 2 aromatic heterocycles. The van der Waals surface area contributed by atoms with E-state index in [1.807, 2.05) is 0 Å². The maximum Gasteiger partial charge on any atom is 0.330 e. The Balaban J connectivity index is 1.66. The first kappa shape index (κ1) is 16.1. The number of aromatic nitrogens is 3. The molecule has 0 saturated heterocycles. The van der Waals surface area contributed by atoms with Crippen LogP contribution in [0.1, 0.15) is 61.8 Å². The number of fused-ring (bicyclic) bond motifs is 1. The second kappa shape index (κ2) is 6.13. The maximum atomic E-state index is 12.5. The lowest BCUT2D eigenvalue weighted by Gasteiger charge is -2.27. The van der Waals surface area contributed by atoms with Crippen LogP contribution >= 0.6 is 0 Å². The van der Waals surface area contributed by atoms with Gasteiger partial charge in [0.05, 0.1) is 10.9 Å². The van der Waals surface area contributed by atoms with Crippen LogP contribution in [-0.4, -0.2) is 26.5 Å². The van der Waals surface area contributed by atoms with Gasteiger partial charge >= 0.3 is 5.69 Å². The summed E-state index contributed by atoms with van der Waals surface area (Å²) in [7, 11) is 0. The van der Waals surface area contributed by atoms with Gasteiger partial charge in [0, 0.05) is 18.3 Å². The van der Waals surface area contributed by atoms with Crippen LogP contribution in [0, 0.1) is 5.92 Å². The average molecular weight is 342 g/mol. The number of nitrogens with zero attached hydrogens (tertiary/aromatic N) is 2. The number of rotatable bonds is 3. The van der Waals surface area contributed by atoms with Crippen molar-refractivity contribution in [3.8, 4) is 0 Å². The molecule has 2 N–H and O–H groups in total. The van der Waals surface area contributed by atoms with Crippen molar-refractivity contribution < 1.29 is 4.79 Å². The van der Waals surface area contributed by atoms with E-state index in [1.165, 1.54) is 17.2 Å². The molecule has 7 nitrogen and oxygen atoms in total. The molecule has 2 unspecified atom stereocenters. The number of amides is 1.